The Balaban J connectivity index is 1.72. The summed E-state index contributed by atoms with van der Waals surface area (Å²) < 4.78 is 20.8. The van der Waals surface area contributed by atoms with Gasteiger partial charge in [-0.2, -0.15) is 0 Å². The molecule has 1 atom stereocenters. The highest BCUT2D eigenvalue weighted by atomic mass is 19.1. The van der Waals surface area contributed by atoms with Crippen LogP contribution in [0.3, 0.4) is 0 Å². The molecule has 2 heterocycles. The fourth-order valence-electron chi connectivity index (χ4n) is 4.03. The van der Waals surface area contributed by atoms with Crippen LogP contribution in [-0.4, -0.2) is 60.5 Å². The quantitative estimate of drug-likeness (QED) is 0.581. The lowest BCUT2D eigenvalue weighted by Crippen LogP contribution is -3.27. The van der Waals surface area contributed by atoms with E-state index >= 15 is 0 Å². The van der Waals surface area contributed by atoms with Gasteiger partial charge in [-0.15, -0.1) is 5.10 Å². The van der Waals surface area contributed by atoms with Crippen LogP contribution in [-0.2, 0) is 6.54 Å². The number of nitrogens with one attached hydrogen (secondary N) is 2. The zero-order valence-electron chi connectivity index (χ0n) is 16.8. The largest absolute Gasteiger partial charge is 0.496 e. The van der Waals surface area contributed by atoms with Crippen LogP contribution in [0.15, 0.2) is 48.5 Å². The predicted octanol–water partition coefficient (Wildman–Crippen LogP) is -0.628. The zero-order valence-corrected chi connectivity index (χ0v) is 16.8. The maximum Gasteiger partial charge on any atom is 0.214 e. The molecule has 1 aliphatic heterocycles. The number of quaternary nitrogens is 2. The number of hydrogen-bond acceptors (Lipinski definition) is 4. The first kappa shape index (κ1) is 19.5. The van der Waals surface area contributed by atoms with Gasteiger partial charge >= 0.3 is 0 Å². The number of tetrazole rings is 1. The van der Waals surface area contributed by atoms with Crippen molar-refractivity contribution in [2.24, 2.45) is 0 Å². The van der Waals surface area contributed by atoms with E-state index in [1.54, 1.807) is 24.1 Å². The Morgan fingerprint density at radius 3 is 2.52 bits per heavy atom. The van der Waals surface area contributed by atoms with Gasteiger partial charge in [-0.05, 0) is 40.3 Å². The fourth-order valence-corrected chi connectivity index (χ4v) is 4.03. The molecule has 3 aromatic rings. The van der Waals surface area contributed by atoms with Gasteiger partial charge in [0.2, 0.25) is 5.82 Å². The van der Waals surface area contributed by atoms with Crippen molar-refractivity contribution >= 4 is 0 Å². The minimum absolute atomic E-state index is 0.0327. The van der Waals surface area contributed by atoms with Crippen LogP contribution in [0, 0.1) is 5.82 Å². The Morgan fingerprint density at radius 2 is 1.79 bits per heavy atom. The number of ether oxygens (including phenoxy) is 1. The van der Waals surface area contributed by atoms with Gasteiger partial charge in [0.1, 0.15) is 37.7 Å². The van der Waals surface area contributed by atoms with Crippen LogP contribution in [0.25, 0.3) is 0 Å². The summed E-state index contributed by atoms with van der Waals surface area (Å²) in [5.74, 6) is 1.39. The van der Waals surface area contributed by atoms with Crippen molar-refractivity contribution in [2.45, 2.75) is 12.6 Å². The van der Waals surface area contributed by atoms with Crippen LogP contribution in [0.1, 0.15) is 23.0 Å². The molecule has 2 N–H and O–H groups in total. The van der Waals surface area contributed by atoms with Gasteiger partial charge < -0.3 is 14.5 Å². The Hall–Kier alpha value is -2.84. The van der Waals surface area contributed by atoms with Crippen LogP contribution in [0.2, 0.25) is 0 Å². The van der Waals surface area contributed by atoms with Crippen LogP contribution in [0.5, 0.6) is 5.75 Å². The molecule has 152 valence electrons. The molecule has 2 aromatic carbocycles. The van der Waals surface area contributed by atoms with E-state index in [-0.39, 0.29) is 11.9 Å². The Bertz CT molecular complexity index is 936. The summed E-state index contributed by atoms with van der Waals surface area (Å²) in [6.07, 6.45) is 0. The number of hydrogen-bond donors (Lipinski definition) is 2. The number of halogens is 1. The first-order valence-electron chi connectivity index (χ1n) is 9.95. The smallest absolute Gasteiger partial charge is 0.214 e. The lowest BCUT2D eigenvalue weighted by atomic mass is 10.0. The topological polar surface area (TPSA) is 61.7 Å². The minimum Gasteiger partial charge on any atom is -0.496 e. The van der Waals surface area contributed by atoms with E-state index in [9.17, 15) is 4.39 Å². The summed E-state index contributed by atoms with van der Waals surface area (Å²) in [7, 11) is 3.92. The van der Waals surface area contributed by atoms with Crippen molar-refractivity contribution < 1.29 is 18.9 Å². The monoisotopic (exact) mass is 398 g/mol. The van der Waals surface area contributed by atoms with Gasteiger partial charge in [-0.1, -0.05) is 24.3 Å². The molecule has 0 bridgehead atoms. The van der Waals surface area contributed by atoms with E-state index in [4.69, 9.17) is 4.74 Å². The highest BCUT2D eigenvalue weighted by Gasteiger charge is 2.36. The van der Waals surface area contributed by atoms with Crippen LogP contribution in [0.4, 0.5) is 4.39 Å². The Morgan fingerprint density at radius 1 is 1.07 bits per heavy atom. The third kappa shape index (κ3) is 4.28. The number of likely N-dealkylation sites (N-methyl/N-ethyl adjacent to an activating group) is 1. The highest BCUT2D eigenvalue weighted by Crippen LogP contribution is 2.27. The number of nitrogens with zero attached hydrogens (tertiary/aromatic N) is 4. The van der Waals surface area contributed by atoms with E-state index in [0.717, 1.165) is 48.9 Å². The average Bonchev–Trinajstić information content (AvgIpc) is 3.19. The van der Waals surface area contributed by atoms with Crippen LogP contribution < -0.4 is 14.5 Å². The first-order valence-corrected chi connectivity index (χ1v) is 9.95. The maximum atomic E-state index is 13.3. The molecule has 0 saturated carbocycles. The number of methoxy groups -OCH3 is 1. The van der Waals surface area contributed by atoms with Gasteiger partial charge in [0.05, 0.1) is 26.3 Å². The molecule has 7 nitrogen and oxygen atoms in total. The molecule has 1 aromatic heterocycles. The molecule has 4 rings (SSSR count). The molecular weight excluding hydrogens is 371 g/mol. The fraction of sp³-hybridized carbons (Fsp3) is 0.381. The van der Waals surface area contributed by atoms with Gasteiger partial charge in [0.25, 0.3) is 0 Å². The lowest BCUT2D eigenvalue weighted by molar-refractivity contribution is -1.02. The zero-order chi connectivity index (χ0) is 20.2. The SMILES string of the molecule is COc1ccccc1[C@@H](c1nnnn1Cc1ccc(F)cc1)[NH+]1CC[NH+](C)CC1. The van der Waals surface area contributed by atoms with E-state index < -0.39 is 0 Å². The third-order valence-corrected chi connectivity index (χ3v) is 5.67. The van der Waals surface area contributed by atoms with Crippen molar-refractivity contribution in [2.75, 3.05) is 40.3 Å². The van der Waals surface area contributed by atoms with E-state index in [1.165, 1.54) is 17.0 Å². The molecule has 0 aliphatic carbocycles. The lowest BCUT2D eigenvalue weighted by Gasteiger charge is -2.33. The Kier molecular flexibility index (Phi) is 5.82. The summed E-state index contributed by atoms with van der Waals surface area (Å²) in [4.78, 5) is 2.97. The number of para-hydroxylation sites is 1. The van der Waals surface area contributed by atoms with Crippen molar-refractivity contribution in [1.82, 2.24) is 20.2 Å². The highest BCUT2D eigenvalue weighted by molar-refractivity contribution is 5.37. The molecule has 0 unspecified atom stereocenters. The predicted molar refractivity (Wildman–Crippen MR) is 105 cm³/mol. The summed E-state index contributed by atoms with van der Waals surface area (Å²) in [6, 6.07) is 14.5. The second-order valence-electron chi connectivity index (χ2n) is 7.61. The second-order valence-corrected chi connectivity index (χ2v) is 7.61. The molecule has 0 radical (unpaired) electrons. The molecule has 1 fully saturated rings. The van der Waals surface area contributed by atoms with Crippen LogP contribution >= 0.6 is 0 Å². The van der Waals surface area contributed by atoms with Crippen molar-refractivity contribution in [3.63, 3.8) is 0 Å². The average molecular weight is 398 g/mol. The number of rotatable bonds is 6. The van der Waals surface area contributed by atoms with Gasteiger partial charge in [-0.3, -0.25) is 0 Å². The van der Waals surface area contributed by atoms with Crippen molar-refractivity contribution in [1.29, 1.82) is 0 Å². The molecule has 0 spiro atoms. The third-order valence-electron chi connectivity index (χ3n) is 5.67. The molecular formula is C21H27FN6O+2. The Labute approximate surface area is 169 Å². The molecule has 8 heteroatoms. The van der Waals surface area contributed by atoms with Gasteiger partial charge in [0.15, 0.2) is 6.04 Å². The molecule has 1 saturated heterocycles. The summed E-state index contributed by atoms with van der Waals surface area (Å²) >= 11 is 0. The number of piperazine rings is 1. The normalized spacial score (nSPS) is 20.4. The molecule has 0 amide bonds. The molecule has 1 aliphatic rings. The van der Waals surface area contributed by atoms with E-state index in [2.05, 4.69) is 28.6 Å². The standard InChI is InChI=1S/C21H25FN6O/c1-26-11-13-27(14-12-26)20(18-5-3-4-6-19(18)29-2)21-23-24-25-28(21)15-16-7-9-17(22)10-8-16/h3-10,20H,11-15H2,1-2H3/p+2/t20-/m0/s1. The van der Waals surface area contributed by atoms with E-state index in [1.807, 2.05) is 22.9 Å². The van der Waals surface area contributed by atoms with Crippen molar-refractivity contribution in [3.8, 4) is 5.75 Å². The summed E-state index contributed by atoms with van der Waals surface area (Å²) in [5, 5.41) is 12.6. The maximum absolute atomic E-state index is 13.3. The second kappa shape index (κ2) is 8.67. The summed E-state index contributed by atoms with van der Waals surface area (Å²) in [6.45, 7) is 4.74. The van der Waals surface area contributed by atoms with Gasteiger partial charge in [0, 0.05) is 0 Å². The van der Waals surface area contributed by atoms with Gasteiger partial charge in [-0.25, -0.2) is 9.07 Å². The number of aromatic nitrogens is 4. The minimum atomic E-state index is -0.248. The van der Waals surface area contributed by atoms with E-state index in [0.29, 0.717) is 6.54 Å². The van der Waals surface area contributed by atoms with Crippen molar-refractivity contribution in [3.05, 3.63) is 71.3 Å². The summed E-state index contributed by atoms with van der Waals surface area (Å²) in [5.41, 5.74) is 2.04. The number of benzene rings is 2. The first-order chi connectivity index (χ1) is 14.2. The molecule has 29 heavy (non-hydrogen) atoms.